The zero-order valence-corrected chi connectivity index (χ0v) is 5.97. The molecular weight excluding hydrogens is 128 g/mol. The molecule has 0 unspecified atom stereocenters. The van der Waals surface area contributed by atoms with Crippen LogP contribution in [0.25, 0.3) is 0 Å². The van der Waals surface area contributed by atoms with Gasteiger partial charge in [0.2, 0.25) is 5.91 Å². The molecular formula is C7H12N2O. The Labute approximate surface area is 60.7 Å². The van der Waals surface area contributed by atoms with Crippen molar-refractivity contribution in [1.82, 2.24) is 10.2 Å². The molecule has 1 heterocycles. The lowest BCUT2D eigenvalue weighted by Gasteiger charge is -2.25. The molecule has 0 aromatic heterocycles. The van der Waals surface area contributed by atoms with Crippen molar-refractivity contribution in [2.24, 2.45) is 0 Å². The lowest BCUT2D eigenvalue weighted by molar-refractivity contribution is -0.131. The van der Waals surface area contributed by atoms with E-state index in [4.69, 9.17) is 0 Å². The molecule has 0 aromatic rings. The van der Waals surface area contributed by atoms with Crippen LogP contribution in [-0.2, 0) is 4.79 Å². The minimum atomic E-state index is 0.172. The molecule has 1 aliphatic heterocycles. The van der Waals surface area contributed by atoms with Crippen LogP contribution in [0.2, 0.25) is 0 Å². The number of hydrogen-bond acceptors (Lipinski definition) is 2. The van der Waals surface area contributed by atoms with Crippen molar-refractivity contribution >= 4 is 5.91 Å². The standard InChI is InChI=1S/C7H12N2O/c1-2-4-9-5-3-8-6-7(9)10/h2,8H,1,3-6H2. The molecule has 1 amide bonds. The van der Waals surface area contributed by atoms with Crippen LogP contribution in [0.1, 0.15) is 0 Å². The van der Waals surface area contributed by atoms with Gasteiger partial charge in [-0.2, -0.15) is 0 Å². The first-order chi connectivity index (χ1) is 4.84. The van der Waals surface area contributed by atoms with Crippen molar-refractivity contribution in [1.29, 1.82) is 0 Å². The van der Waals surface area contributed by atoms with Crippen molar-refractivity contribution in [3.8, 4) is 0 Å². The third-order valence-electron chi connectivity index (χ3n) is 1.54. The van der Waals surface area contributed by atoms with E-state index < -0.39 is 0 Å². The van der Waals surface area contributed by atoms with Crippen molar-refractivity contribution in [3.63, 3.8) is 0 Å². The molecule has 56 valence electrons. The normalized spacial score (nSPS) is 19.2. The van der Waals surface area contributed by atoms with E-state index in [0.29, 0.717) is 13.1 Å². The molecule has 0 saturated carbocycles. The second-order valence-corrected chi connectivity index (χ2v) is 2.31. The summed E-state index contributed by atoms with van der Waals surface area (Å²) in [4.78, 5) is 12.8. The minimum Gasteiger partial charge on any atom is -0.337 e. The maximum Gasteiger partial charge on any atom is 0.236 e. The van der Waals surface area contributed by atoms with Gasteiger partial charge in [0, 0.05) is 19.6 Å². The summed E-state index contributed by atoms with van der Waals surface area (Å²) in [6.45, 7) is 6.45. The van der Waals surface area contributed by atoms with Gasteiger partial charge in [0.1, 0.15) is 0 Å². The van der Waals surface area contributed by atoms with Crippen molar-refractivity contribution < 1.29 is 4.79 Å². The molecule has 1 fully saturated rings. The van der Waals surface area contributed by atoms with Gasteiger partial charge in [0.05, 0.1) is 6.54 Å². The van der Waals surface area contributed by atoms with E-state index in [2.05, 4.69) is 11.9 Å². The predicted molar refractivity (Wildman–Crippen MR) is 39.6 cm³/mol. The van der Waals surface area contributed by atoms with Gasteiger partial charge in [-0.3, -0.25) is 4.79 Å². The lowest BCUT2D eigenvalue weighted by atomic mass is 10.3. The predicted octanol–water partition coefficient (Wildman–Crippen LogP) is -0.396. The number of amides is 1. The highest BCUT2D eigenvalue weighted by atomic mass is 16.2. The molecule has 3 nitrogen and oxygen atoms in total. The molecule has 0 atom stereocenters. The quantitative estimate of drug-likeness (QED) is 0.529. The average Bonchev–Trinajstić information content (AvgIpc) is 1.94. The third-order valence-corrected chi connectivity index (χ3v) is 1.54. The van der Waals surface area contributed by atoms with E-state index in [1.54, 1.807) is 11.0 Å². The third kappa shape index (κ3) is 1.57. The maximum atomic E-state index is 11.0. The summed E-state index contributed by atoms with van der Waals surface area (Å²) in [6, 6.07) is 0. The van der Waals surface area contributed by atoms with Gasteiger partial charge in [0.25, 0.3) is 0 Å². The summed E-state index contributed by atoms with van der Waals surface area (Å²) in [7, 11) is 0. The summed E-state index contributed by atoms with van der Waals surface area (Å²) >= 11 is 0. The summed E-state index contributed by atoms with van der Waals surface area (Å²) in [5, 5.41) is 3.00. The van der Waals surface area contributed by atoms with Gasteiger partial charge in [-0.1, -0.05) is 6.08 Å². The Hall–Kier alpha value is -0.830. The first-order valence-corrected chi connectivity index (χ1v) is 3.44. The summed E-state index contributed by atoms with van der Waals surface area (Å²) in [5.74, 6) is 0.172. The SMILES string of the molecule is C=CCN1CCNCC1=O. The highest BCUT2D eigenvalue weighted by Crippen LogP contribution is 1.92. The Bertz CT molecular complexity index is 145. The summed E-state index contributed by atoms with van der Waals surface area (Å²) in [6.07, 6.45) is 1.75. The average molecular weight is 140 g/mol. The molecule has 0 aliphatic carbocycles. The maximum absolute atomic E-state index is 11.0. The molecule has 1 N–H and O–H groups in total. The van der Waals surface area contributed by atoms with E-state index in [9.17, 15) is 4.79 Å². The van der Waals surface area contributed by atoms with Gasteiger partial charge in [-0.15, -0.1) is 6.58 Å². The topological polar surface area (TPSA) is 32.3 Å². The largest absolute Gasteiger partial charge is 0.337 e. The van der Waals surface area contributed by atoms with E-state index in [1.165, 1.54) is 0 Å². The van der Waals surface area contributed by atoms with Crippen LogP contribution in [0, 0.1) is 0 Å². The summed E-state index contributed by atoms with van der Waals surface area (Å²) in [5.41, 5.74) is 0. The van der Waals surface area contributed by atoms with Crippen LogP contribution < -0.4 is 5.32 Å². The number of carbonyl (C=O) groups excluding carboxylic acids is 1. The number of nitrogens with zero attached hydrogens (tertiary/aromatic N) is 1. The molecule has 3 heteroatoms. The van der Waals surface area contributed by atoms with E-state index >= 15 is 0 Å². The Balaban J connectivity index is 2.39. The van der Waals surface area contributed by atoms with E-state index in [-0.39, 0.29) is 5.91 Å². The van der Waals surface area contributed by atoms with Crippen molar-refractivity contribution in [2.45, 2.75) is 0 Å². The van der Waals surface area contributed by atoms with E-state index in [1.807, 2.05) is 0 Å². The number of nitrogens with one attached hydrogen (secondary N) is 1. The molecule has 0 aromatic carbocycles. The molecule has 0 bridgehead atoms. The van der Waals surface area contributed by atoms with E-state index in [0.717, 1.165) is 13.1 Å². The highest BCUT2D eigenvalue weighted by Gasteiger charge is 2.14. The zero-order valence-electron chi connectivity index (χ0n) is 5.97. The van der Waals surface area contributed by atoms with Gasteiger partial charge in [-0.25, -0.2) is 0 Å². The fraction of sp³-hybridized carbons (Fsp3) is 0.571. The Morgan fingerprint density at radius 3 is 3.20 bits per heavy atom. The fourth-order valence-electron chi connectivity index (χ4n) is 0.995. The van der Waals surface area contributed by atoms with Crippen LogP contribution >= 0.6 is 0 Å². The van der Waals surface area contributed by atoms with Gasteiger partial charge < -0.3 is 10.2 Å². The lowest BCUT2D eigenvalue weighted by Crippen LogP contribution is -2.47. The summed E-state index contributed by atoms with van der Waals surface area (Å²) < 4.78 is 0. The first-order valence-electron chi connectivity index (χ1n) is 3.44. The smallest absolute Gasteiger partial charge is 0.236 e. The zero-order chi connectivity index (χ0) is 7.40. The van der Waals surface area contributed by atoms with Crippen molar-refractivity contribution in [3.05, 3.63) is 12.7 Å². The number of hydrogen-bond donors (Lipinski definition) is 1. The highest BCUT2D eigenvalue weighted by molar-refractivity contribution is 5.79. The Morgan fingerprint density at radius 1 is 1.80 bits per heavy atom. The minimum absolute atomic E-state index is 0.172. The second kappa shape index (κ2) is 3.37. The molecule has 10 heavy (non-hydrogen) atoms. The Kier molecular flexibility index (Phi) is 2.45. The van der Waals surface area contributed by atoms with Crippen LogP contribution in [0.15, 0.2) is 12.7 Å². The van der Waals surface area contributed by atoms with Crippen LogP contribution in [-0.4, -0.2) is 37.0 Å². The Morgan fingerprint density at radius 2 is 2.60 bits per heavy atom. The molecule has 0 spiro atoms. The first kappa shape index (κ1) is 7.28. The molecule has 1 aliphatic rings. The van der Waals surface area contributed by atoms with Gasteiger partial charge >= 0.3 is 0 Å². The van der Waals surface area contributed by atoms with Gasteiger partial charge in [0.15, 0.2) is 0 Å². The number of carbonyl (C=O) groups is 1. The fourth-order valence-corrected chi connectivity index (χ4v) is 0.995. The van der Waals surface area contributed by atoms with Crippen molar-refractivity contribution in [2.75, 3.05) is 26.2 Å². The molecule has 1 rings (SSSR count). The number of rotatable bonds is 2. The molecule has 0 radical (unpaired) electrons. The molecule has 1 saturated heterocycles. The monoisotopic (exact) mass is 140 g/mol. The van der Waals surface area contributed by atoms with Crippen LogP contribution in [0.3, 0.4) is 0 Å². The second-order valence-electron chi connectivity index (χ2n) is 2.31. The number of piperazine rings is 1. The van der Waals surface area contributed by atoms with Crippen LogP contribution in [0.5, 0.6) is 0 Å². The van der Waals surface area contributed by atoms with Crippen LogP contribution in [0.4, 0.5) is 0 Å². The van der Waals surface area contributed by atoms with Gasteiger partial charge in [-0.05, 0) is 0 Å².